The number of alkyl halides is 3. The van der Waals surface area contributed by atoms with Gasteiger partial charge in [-0.3, -0.25) is 9.69 Å². The molecule has 1 heterocycles. The van der Waals surface area contributed by atoms with Gasteiger partial charge in [-0.1, -0.05) is 6.07 Å². The van der Waals surface area contributed by atoms with Crippen LogP contribution in [-0.4, -0.2) is 41.1 Å². The van der Waals surface area contributed by atoms with E-state index in [4.69, 9.17) is 10.5 Å². The van der Waals surface area contributed by atoms with Crippen LogP contribution in [0.15, 0.2) is 36.4 Å². The number of nitrogens with zero attached hydrogens (tertiary/aromatic N) is 3. The first-order valence-electron chi connectivity index (χ1n) is 12.4. The van der Waals surface area contributed by atoms with Gasteiger partial charge in [0.1, 0.15) is 5.82 Å². The molecule has 38 heavy (non-hydrogen) atoms. The number of nitrogens with one attached hydrogen (secondary N) is 1. The van der Waals surface area contributed by atoms with E-state index < -0.39 is 28.8 Å². The van der Waals surface area contributed by atoms with E-state index in [1.807, 2.05) is 11.0 Å². The van der Waals surface area contributed by atoms with E-state index >= 15 is 0 Å². The smallest absolute Gasteiger partial charge is 0.379 e. The van der Waals surface area contributed by atoms with E-state index in [-0.39, 0.29) is 23.5 Å². The summed E-state index contributed by atoms with van der Waals surface area (Å²) in [5, 5.41) is 31.2. The van der Waals surface area contributed by atoms with Crippen LogP contribution >= 0.6 is 0 Å². The summed E-state index contributed by atoms with van der Waals surface area (Å²) in [7, 11) is 0. The summed E-state index contributed by atoms with van der Waals surface area (Å²) in [6.45, 7) is 2.72. The molecule has 198 valence electrons. The molecule has 1 amide bonds. The molecule has 10 heteroatoms. The first-order chi connectivity index (χ1) is 17.8. The zero-order chi connectivity index (χ0) is 27.5. The lowest BCUT2D eigenvalue weighted by molar-refractivity contribution is -0.226. The van der Waals surface area contributed by atoms with Gasteiger partial charge >= 0.3 is 6.18 Å². The lowest BCUT2D eigenvalue weighted by Crippen LogP contribution is -2.70. The molecular formula is C28H26F4N4O2. The number of rotatable bonds is 6. The molecule has 3 aliphatic rings. The normalized spacial score (nSPS) is 27.5. The molecule has 0 bridgehead atoms. The van der Waals surface area contributed by atoms with Crippen molar-refractivity contribution in [3.05, 3.63) is 64.5 Å². The van der Waals surface area contributed by atoms with Crippen molar-refractivity contribution in [1.82, 2.24) is 4.90 Å². The molecule has 0 aromatic heterocycles. The molecule has 5 rings (SSSR count). The Morgan fingerprint density at radius 1 is 1.13 bits per heavy atom. The summed E-state index contributed by atoms with van der Waals surface area (Å²) in [6.07, 6.45) is -2.29. The molecule has 0 spiro atoms. The average molecular weight is 527 g/mol. The van der Waals surface area contributed by atoms with Crippen molar-refractivity contribution in [1.29, 1.82) is 10.5 Å². The quantitative estimate of drug-likeness (QED) is 0.541. The number of anilines is 1. The second kappa shape index (κ2) is 9.07. The molecule has 3 atom stereocenters. The number of halogens is 4. The molecule has 2 aromatic rings. The second-order valence-electron chi connectivity index (χ2n) is 11.2. The Morgan fingerprint density at radius 2 is 1.82 bits per heavy atom. The van der Waals surface area contributed by atoms with Crippen LogP contribution in [-0.2, 0) is 17.4 Å². The Hall–Kier alpha value is -3.47. The molecule has 1 aliphatic heterocycles. The number of aliphatic hydroxyl groups is 1. The lowest BCUT2D eigenvalue weighted by atomic mass is 9.36. The lowest BCUT2D eigenvalue weighted by Gasteiger charge is -2.72. The Kier molecular flexibility index (Phi) is 6.24. The van der Waals surface area contributed by atoms with Crippen molar-refractivity contribution >= 4 is 11.6 Å². The number of piperidine rings is 1. The first kappa shape index (κ1) is 26.1. The molecule has 2 saturated carbocycles. The summed E-state index contributed by atoms with van der Waals surface area (Å²) >= 11 is 0. The summed E-state index contributed by atoms with van der Waals surface area (Å²) in [6, 6.07) is 10.9. The third-order valence-corrected chi connectivity index (χ3v) is 8.49. The maximum absolute atomic E-state index is 14.5. The van der Waals surface area contributed by atoms with Crippen molar-refractivity contribution in [2.24, 2.45) is 23.2 Å². The van der Waals surface area contributed by atoms with Crippen molar-refractivity contribution in [2.45, 2.75) is 38.0 Å². The third kappa shape index (κ3) is 4.53. The number of benzene rings is 2. The predicted molar refractivity (Wildman–Crippen MR) is 129 cm³/mol. The number of hydrogen-bond acceptors (Lipinski definition) is 5. The average Bonchev–Trinajstić information content (AvgIpc) is 2.82. The minimum Gasteiger partial charge on any atom is -0.379 e. The molecule has 6 nitrogen and oxygen atoms in total. The largest absolute Gasteiger partial charge is 0.417 e. The zero-order valence-electron chi connectivity index (χ0n) is 20.6. The Morgan fingerprint density at radius 3 is 2.39 bits per heavy atom. The predicted octanol–water partition coefficient (Wildman–Crippen LogP) is 4.48. The first-order valence-corrected chi connectivity index (χ1v) is 12.4. The highest BCUT2D eigenvalue weighted by Gasteiger charge is 2.66. The van der Waals surface area contributed by atoms with Gasteiger partial charge in [-0.25, -0.2) is 4.39 Å². The zero-order valence-corrected chi connectivity index (χ0v) is 20.6. The number of carbonyl (C=O) groups excluding carboxylic acids is 1. The maximum Gasteiger partial charge on any atom is 0.417 e. The fraction of sp³-hybridized carbons (Fsp3) is 0.464. The third-order valence-electron chi connectivity index (χ3n) is 8.49. The monoisotopic (exact) mass is 526 g/mol. The van der Waals surface area contributed by atoms with Crippen molar-refractivity contribution < 1.29 is 27.5 Å². The van der Waals surface area contributed by atoms with Crippen LogP contribution in [0.2, 0.25) is 0 Å². The van der Waals surface area contributed by atoms with Crippen LogP contribution in [0.5, 0.6) is 0 Å². The van der Waals surface area contributed by atoms with Gasteiger partial charge in [0, 0.05) is 25.3 Å². The van der Waals surface area contributed by atoms with Gasteiger partial charge < -0.3 is 10.4 Å². The minimum absolute atomic E-state index is 0.0260. The summed E-state index contributed by atoms with van der Waals surface area (Å²) < 4.78 is 54.3. The van der Waals surface area contributed by atoms with Crippen molar-refractivity contribution in [2.75, 3.05) is 25.0 Å². The molecule has 3 fully saturated rings. The Bertz CT molecular complexity index is 1360. The van der Waals surface area contributed by atoms with Gasteiger partial charge in [0.15, 0.2) is 5.60 Å². The number of carbonyl (C=O) groups is 1. The summed E-state index contributed by atoms with van der Waals surface area (Å²) in [5.74, 6) is 0.0121. The number of nitriles is 2. The van der Waals surface area contributed by atoms with Gasteiger partial charge in [-0.15, -0.1) is 0 Å². The number of likely N-dealkylation sites (tertiary alicyclic amines) is 1. The molecular weight excluding hydrogens is 500 g/mol. The van der Waals surface area contributed by atoms with E-state index in [1.54, 1.807) is 12.1 Å². The van der Waals surface area contributed by atoms with Gasteiger partial charge in [-0.2, -0.15) is 23.7 Å². The van der Waals surface area contributed by atoms with E-state index in [0.717, 1.165) is 18.9 Å². The number of β-amino-alcohol motifs (C(OH)–C–C–N with tert-alkyl or cyclic N) is 1. The second-order valence-corrected chi connectivity index (χ2v) is 11.2. The van der Waals surface area contributed by atoms with E-state index in [2.05, 4.69) is 5.32 Å². The highest BCUT2D eigenvalue weighted by atomic mass is 19.4. The summed E-state index contributed by atoms with van der Waals surface area (Å²) in [4.78, 5) is 14.8. The fourth-order valence-electron chi connectivity index (χ4n) is 7.07. The number of hydrogen-bond donors (Lipinski definition) is 2. The van der Waals surface area contributed by atoms with E-state index in [9.17, 15) is 27.5 Å². The topological polar surface area (TPSA) is 100 Å². The molecule has 2 aliphatic carbocycles. The van der Waals surface area contributed by atoms with Crippen LogP contribution in [0.1, 0.15) is 42.0 Å². The molecule has 2 N–H and O–H groups in total. The number of amides is 1. The van der Waals surface area contributed by atoms with Crippen LogP contribution in [0.4, 0.5) is 23.2 Å². The highest BCUT2D eigenvalue weighted by molar-refractivity contribution is 5.97. The molecule has 0 radical (unpaired) electrons. The van der Waals surface area contributed by atoms with Crippen LogP contribution in [0.3, 0.4) is 0 Å². The van der Waals surface area contributed by atoms with Crippen LogP contribution in [0, 0.1) is 51.6 Å². The fourth-order valence-corrected chi connectivity index (χ4v) is 7.07. The SMILES string of the molecule is C[C@](O)(CN1CC2CC3(Cc4ccc(C#N)cc4F)CC(C1)C23)C(=O)Nc1ccc(C#N)c(C(F)(F)F)c1. The van der Waals surface area contributed by atoms with Crippen LogP contribution in [0.25, 0.3) is 0 Å². The van der Waals surface area contributed by atoms with E-state index in [0.29, 0.717) is 54.5 Å². The van der Waals surface area contributed by atoms with Gasteiger partial charge in [0.2, 0.25) is 0 Å². The summed E-state index contributed by atoms with van der Waals surface area (Å²) in [5.41, 5.74) is -2.73. The van der Waals surface area contributed by atoms with Gasteiger partial charge in [0.05, 0.1) is 28.8 Å². The van der Waals surface area contributed by atoms with E-state index in [1.165, 1.54) is 25.1 Å². The highest BCUT2D eigenvalue weighted by Crippen LogP contribution is 2.70. The molecule has 2 aromatic carbocycles. The van der Waals surface area contributed by atoms with Crippen LogP contribution < -0.4 is 5.32 Å². The Balaban J connectivity index is 1.20. The maximum atomic E-state index is 14.5. The molecule has 1 saturated heterocycles. The van der Waals surface area contributed by atoms with Crippen molar-refractivity contribution in [3.63, 3.8) is 0 Å². The standard InChI is InChI=1S/C28H26F4N4O2/c1-26(38,25(37)35-21-5-4-18(12-34)22(7-21)28(30,31)32)15-36-13-19-9-27(10-20(14-36)24(19)27)8-17-3-2-16(11-33)6-23(17)29/h2-7,19-20,24,38H,8-10,13-15H2,1H3,(H,35,37)/t19?,20?,24?,26-,27?/m0/s1. The van der Waals surface area contributed by atoms with Gasteiger partial charge in [-0.05, 0) is 85.3 Å². The minimum atomic E-state index is -4.76. The molecule has 2 unspecified atom stereocenters. The van der Waals surface area contributed by atoms with Gasteiger partial charge in [0.25, 0.3) is 5.91 Å². The van der Waals surface area contributed by atoms with Crippen molar-refractivity contribution in [3.8, 4) is 12.1 Å². The Labute approximate surface area is 217 Å².